The number of nitrogens with zero attached hydrogens (tertiary/aromatic N) is 1. The molecule has 106 valence electrons. The van der Waals surface area contributed by atoms with E-state index < -0.39 is 40.2 Å². The Kier molecular flexibility index (Phi) is 4.51. The van der Waals surface area contributed by atoms with Gasteiger partial charge in [0.25, 0.3) is 14.7 Å². The summed E-state index contributed by atoms with van der Waals surface area (Å²) in [6.07, 6.45) is -5.16. The molecule has 19 heavy (non-hydrogen) atoms. The van der Waals surface area contributed by atoms with Crippen LogP contribution in [0.4, 0.5) is 18.9 Å². The smallest absolute Gasteiger partial charge is 0.404 e. The Labute approximate surface area is 122 Å². The first-order valence-corrected chi connectivity index (χ1v) is 7.49. The molecular weight excluding hydrogens is 429 g/mol. The molecule has 0 saturated carbocycles. The highest BCUT2D eigenvalue weighted by Gasteiger charge is 2.36. The minimum atomic E-state index is -5.16. The van der Waals surface area contributed by atoms with Crippen LogP contribution in [0, 0.1) is 13.7 Å². The van der Waals surface area contributed by atoms with Gasteiger partial charge in [0.1, 0.15) is 8.47 Å². The van der Waals surface area contributed by atoms with Gasteiger partial charge in [0.15, 0.2) is 5.75 Å². The third kappa shape index (κ3) is 4.07. The van der Waals surface area contributed by atoms with Crippen LogP contribution in [0.5, 0.6) is 5.75 Å². The zero-order chi connectivity index (χ0) is 15.0. The van der Waals surface area contributed by atoms with Crippen LogP contribution >= 0.6 is 33.3 Å². The topological polar surface area (TPSA) is 86.5 Å². The van der Waals surface area contributed by atoms with Gasteiger partial charge in [-0.05, 0) is 28.7 Å². The van der Waals surface area contributed by atoms with Crippen LogP contribution in [0.1, 0.15) is 0 Å². The van der Waals surface area contributed by atoms with Crippen LogP contribution in [-0.4, -0.2) is 19.7 Å². The fourth-order valence-corrected chi connectivity index (χ4v) is 4.13. The summed E-state index contributed by atoms with van der Waals surface area (Å²) in [4.78, 5) is 8.55. The van der Waals surface area contributed by atoms with Crippen molar-refractivity contribution in [3.8, 4) is 5.75 Å². The van der Waals surface area contributed by atoms with E-state index in [1.165, 1.54) is 22.6 Å². The van der Waals surface area contributed by atoms with Crippen molar-refractivity contribution >= 4 is 48.0 Å². The Morgan fingerprint density at radius 2 is 1.89 bits per heavy atom. The second kappa shape index (κ2) is 5.28. The van der Waals surface area contributed by atoms with Crippen LogP contribution < -0.4 is 4.74 Å². The molecule has 0 N–H and O–H groups in total. The highest BCUT2D eigenvalue weighted by molar-refractivity contribution is 14.1. The molecule has 0 saturated heterocycles. The molecule has 0 amide bonds. The maximum absolute atomic E-state index is 12.1. The van der Waals surface area contributed by atoms with E-state index in [0.29, 0.717) is 12.1 Å². The highest BCUT2D eigenvalue weighted by atomic mass is 127. The monoisotopic (exact) mass is 431 g/mol. The van der Waals surface area contributed by atoms with Gasteiger partial charge in [-0.25, -0.2) is 8.42 Å². The second-order valence-corrected chi connectivity index (χ2v) is 6.55. The van der Waals surface area contributed by atoms with Crippen molar-refractivity contribution in [1.82, 2.24) is 0 Å². The molecule has 1 aromatic carbocycles. The maximum atomic E-state index is 12.1. The normalized spacial score (nSPS) is 12.3. The van der Waals surface area contributed by atoms with Crippen LogP contribution in [0.25, 0.3) is 0 Å². The summed E-state index contributed by atoms with van der Waals surface area (Å²) < 4.78 is 61.7. The van der Waals surface area contributed by atoms with E-state index in [4.69, 9.17) is 10.7 Å². The number of ether oxygens (including phenoxy) is 1. The number of nitro groups is 1. The first-order valence-electron chi connectivity index (χ1n) is 4.11. The molecule has 0 aliphatic rings. The van der Waals surface area contributed by atoms with E-state index in [9.17, 15) is 31.7 Å². The molecule has 0 atom stereocenters. The van der Waals surface area contributed by atoms with Crippen molar-refractivity contribution in [2.75, 3.05) is 0 Å². The van der Waals surface area contributed by atoms with Crippen LogP contribution in [-0.2, 0) is 9.05 Å². The van der Waals surface area contributed by atoms with Crippen molar-refractivity contribution in [3.63, 3.8) is 0 Å². The highest BCUT2D eigenvalue weighted by Crippen LogP contribution is 2.39. The molecule has 0 heterocycles. The SMILES string of the molecule is O=[N+]([O-])c1ccc(OC(F)(F)F)c(S(=O)(=O)Cl)c1I. The predicted molar refractivity (Wildman–Crippen MR) is 65.5 cm³/mol. The summed E-state index contributed by atoms with van der Waals surface area (Å²) in [6, 6.07) is 1.21. The Morgan fingerprint density at radius 3 is 2.26 bits per heavy atom. The number of halogens is 5. The largest absolute Gasteiger partial charge is 0.573 e. The van der Waals surface area contributed by atoms with Gasteiger partial charge in [-0.2, -0.15) is 0 Å². The van der Waals surface area contributed by atoms with Gasteiger partial charge in [-0.1, -0.05) is 0 Å². The number of hydrogen-bond acceptors (Lipinski definition) is 5. The third-order valence-electron chi connectivity index (χ3n) is 1.71. The van der Waals surface area contributed by atoms with Gasteiger partial charge in [-0.15, -0.1) is 13.2 Å². The Balaban J connectivity index is 3.59. The summed E-state index contributed by atoms with van der Waals surface area (Å²) in [5.41, 5.74) is -0.700. The standard InChI is InChI=1S/C7H2ClF3INO5S/c8-19(16,17)6-4(18-7(9,10)11)2-1-3(5(6)12)13(14)15/h1-2H. The number of nitro benzene ring substituents is 1. The van der Waals surface area contributed by atoms with Crippen molar-refractivity contribution in [1.29, 1.82) is 0 Å². The summed E-state index contributed by atoms with van der Waals surface area (Å²) in [6.45, 7) is 0. The molecule has 0 spiro atoms. The summed E-state index contributed by atoms with van der Waals surface area (Å²) in [5, 5.41) is 10.6. The average Bonchev–Trinajstić information content (AvgIpc) is 2.11. The lowest BCUT2D eigenvalue weighted by atomic mass is 10.3. The second-order valence-electron chi connectivity index (χ2n) is 2.97. The lowest BCUT2D eigenvalue weighted by molar-refractivity contribution is -0.386. The van der Waals surface area contributed by atoms with E-state index in [0.717, 1.165) is 0 Å². The van der Waals surface area contributed by atoms with Crippen molar-refractivity contribution in [3.05, 3.63) is 25.8 Å². The van der Waals surface area contributed by atoms with Gasteiger partial charge in [0.05, 0.1) is 4.92 Å². The zero-order valence-electron chi connectivity index (χ0n) is 8.44. The average molecular weight is 432 g/mol. The zero-order valence-corrected chi connectivity index (χ0v) is 12.2. The molecule has 0 bridgehead atoms. The first kappa shape index (κ1) is 16.2. The summed E-state index contributed by atoms with van der Waals surface area (Å²) in [5.74, 6) is -1.13. The van der Waals surface area contributed by atoms with Crippen molar-refractivity contribution < 1.29 is 31.2 Å². The van der Waals surface area contributed by atoms with E-state index >= 15 is 0 Å². The maximum Gasteiger partial charge on any atom is 0.573 e. The summed E-state index contributed by atoms with van der Waals surface area (Å²) >= 11 is 1.21. The number of rotatable bonds is 3. The third-order valence-corrected chi connectivity index (χ3v) is 4.52. The first-order chi connectivity index (χ1) is 8.43. The molecule has 0 unspecified atom stereocenters. The molecular formula is C7H2ClF3INO5S. The van der Waals surface area contributed by atoms with Gasteiger partial charge in [0.2, 0.25) is 0 Å². The van der Waals surface area contributed by atoms with Crippen LogP contribution in [0.2, 0.25) is 0 Å². The number of benzene rings is 1. The molecule has 0 aromatic heterocycles. The van der Waals surface area contributed by atoms with Gasteiger partial charge in [0, 0.05) is 16.7 Å². The molecule has 6 nitrogen and oxygen atoms in total. The lowest BCUT2D eigenvalue weighted by Crippen LogP contribution is -2.19. The van der Waals surface area contributed by atoms with E-state index in [2.05, 4.69) is 4.74 Å². The Hall–Kier alpha value is -0.820. The fourth-order valence-electron chi connectivity index (χ4n) is 1.10. The number of alkyl halides is 3. The van der Waals surface area contributed by atoms with Crippen molar-refractivity contribution in [2.24, 2.45) is 0 Å². The van der Waals surface area contributed by atoms with Crippen LogP contribution in [0.15, 0.2) is 17.0 Å². The van der Waals surface area contributed by atoms with Gasteiger partial charge in [-0.3, -0.25) is 10.1 Å². The Morgan fingerprint density at radius 1 is 1.37 bits per heavy atom. The number of hydrogen-bond donors (Lipinski definition) is 0. The molecule has 0 radical (unpaired) electrons. The van der Waals surface area contributed by atoms with Crippen molar-refractivity contribution in [2.45, 2.75) is 11.3 Å². The predicted octanol–water partition coefficient (Wildman–Crippen LogP) is 3.03. The van der Waals surface area contributed by atoms with E-state index in [1.807, 2.05) is 0 Å². The van der Waals surface area contributed by atoms with E-state index in [-0.39, 0.29) is 0 Å². The summed E-state index contributed by atoms with van der Waals surface area (Å²) in [7, 11) is 0.315. The van der Waals surface area contributed by atoms with Gasteiger partial charge >= 0.3 is 6.36 Å². The van der Waals surface area contributed by atoms with E-state index in [1.54, 1.807) is 0 Å². The molecule has 0 aliphatic heterocycles. The van der Waals surface area contributed by atoms with Crippen LogP contribution in [0.3, 0.4) is 0 Å². The Bertz CT molecular complexity index is 632. The quantitative estimate of drug-likeness (QED) is 0.318. The minimum Gasteiger partial charge on any atom is -0.404 e. The lowest BCUT2D eigenvalue weighted by Gasteiger charge is -2.12. The minimum absolute atomic E-state index is 0.517. The fraction of sp³-hybridized carbons (Fsp3) is 0.143. The molecule has 1 aromatic rings. The molecule has 12 heteroatoms. The molecule has 0 fully saturated rings. The molecule has 0 aliphatic carbocycles. The molecule has 1 rings (SSSR count). The van der Waals surface area contributed by atoms with Gasteiger partial charge < -0.3 is 4.74 Å².